The van der Waals surface area contributed by atoms with Crippen molar-refractivity contribution in [3.05, 3.63) is 95.6 Å². The van der Waals surface area contributed by atoms with Crippen molar-refractivity contribution in [3.63, 3.8) is 0 Å². The number of hydrogen-bond donors (Lipinski definition) is 3. The number of likely N-dealkylation sites (tertiary alicyclic amines) is 1. The van der Waals surface area contributed by atoms with Crippen molar-refractivity contribution in [1.29, 1.82) is 0 Å². The summed E-state index contributed by atoms with van der Waals surface area (Å²) in [4.78, 5) is 39.4. The maximum Gasteiger partial charge on any atom is 0.253 e. The molecule has 36 heavy (non-hydrogen) atoms. The minimum atomic E-state index is -0.207. The molecule has 0 radical (unpaired) electrons. The molecule has 3 aromatic rings. The molecule has 1 fully saturated rings. The van der Waals surface area contributed by atoms with Gasteiger partial charge in [-0.15, -0.1) is 0 Å². The van der Waals surface area contributed by atoms with Crippen molar-refractivity contribution in [3.8, 4) is 0 Å². The molecule has 3 amide bonds. The lowest BCUT2D eigenvalue weighted by Gasteiger charge is -2.20. The maximum absolute atomic E-state index is 12.7. The molecule has 0 bridgehead atoms. The third-order valence-corrected chi connectivity index (χ3v) is 6.20. The molecule has 4 rings (SSSR count). The Morgan fingerprint density at radius 1 is 0.694 bits per heavy atom. The average molecular weight is 485 g/mol. The van der Waals surface area contributed by atoms with E-state index in [4.69, 9.17) is 0 Å². The lowest BCUT2D eigenvalue weighted by molar-refractivity contribution is -0.114. The standard InChI is InChI=1S/C29H32N4O3/c34-27(21-30-25-14-12-24(13-15-25)29(36)33-18-6-1-2-7-19-33)32-26-16-10-23(11-17-26)28(35)31-20-22-8-4-3-5-9-22/h3-5,8-17,30H,1-2,6-7,18-21H2,(H,31,35)(H,32,34). The smallest absolute Gasteiger partial charge is 0.253 e. The Bertz CT molecular complexity index is 1150. The largest absolute Gasteiger partial charge is 0.376 e. The van der Waals surface area contributed by atoms with Crippen molar-refractivity contribution in [2.24, 2.45) is 0 Å². The molecular formula is C29H32N4O3. The number of benzene rings is 3. The molecule has 0 unspecified atom stereocenters. The van der Waals surface area contributed by atoms with Crippen LogP contribution in [-0.4, -0.2) is 42.3 Å². The van der Waals surface area contributed by atoms with Crippen molar-refractivity contribution in [2.45, 2.75) is 32.2 Å². The summed E-state index contributed by atoms with van der Waals surface area (Å²) >= 11 is 0. The summed E-state index contributed by atoms with van der Waals surface area (Å²) in [6.45, 7) is 2.17. The van der Waals surface area contributed by atoms with Gasteiger partial charge in [-0.2, -0.15) is 0 Å². The Balaban J connectivity index is 1.22. The van der Waals surface area contributed by atoms with E-state index in [0.717, 1.165) is 37.2 Å². The lowest BCUT2D eigenvalue weighted by Crippen LogP contribution is -2.31. The number of amides is 3. The molecule has 7 nitrogen and oxygen atoms in total. The SMILES string of the molecule is O=C(CNc1ccc(C(=O)N2CCCCCC2)cc1)Nc1ccc(C(=O)NCc2ccccc2)cc1. The molecule has 0 saturated carbocycles. The van der Waals surface area contributed by atoms with E-state index < -0.39 is 0 Å². The van der Waals surface area contributed by atoms with Gasteiger partial charge in [0.1, 0.15) is 0 Å². The van der Waals surface area contributed by atoms with E-state index in [1.807, 2.05) is 47.4 Å². The number of nitrogens with zero attached hydrogens (tertiary/aromatic N) is 1. The van der Waals surface area contributed by atoms with Gasteiger partial charge in [0.25, 0.3) is 11.8 Å². The second kappa shape index (κ2) is 12.5. The van der Waals surface area contributed by atoms with E-state index in [-0.39, 0.29) is 24.3 Å². The second-order valence-electron chi connectivity index (χ2n) is 8.93. The lowest BCUT2D eigenvalue weighted by atomic mass is 10.1. The van der Waals surface area contributed by atoms with Crippen molar-refractivity contribution in [1.82, 2.24) is 10.2 Å². The van der Waals surface area contributed by atoms with Crippen LogP contribution in [0, 0.1) is 0 Å². The third-order valence-electron chi connectivity index (χ3n) is 6.20. The van der Waals surface area contributed by atoms with Gasteiger partial charge in [-0.05, 0) is 66.9 Å². The van der Waals surface area contributed by atoms with Crippen LogP contribution in [0.25, 0.3) is 0 Å². The van der Waals surface area contributed by atoms with E-state index in [2.05, 4.69) is 16.0 Å². The number of carbonyl (C=O) groups excluding carboxylic acids is 3. The molecule has 0 aromatic heterocycles. The molecule has 3 N–H and O–H groups in total. The molecule has 1 aliphatic rings. The van der Waals surface area contributed by atoms with Gasteiger partial charge in [-0.3, -0.25) is 14.4 Å². The van der Waals surface area contributed by atoms with E-state index in [1.165, 1.54) is 12.8 Å². The number of carbonyl (C=O) groups is 3. The van der Waals surface area contributed by atoms with E-state index in [1.54, 1.807) is 36.4 Å². The predicted octanol–water partition coefficient (Wildman–Crippen LogP) is 4.68. The second-order valence-corrected chi connectivity index (χ2v) is 8.93. The van der Waals surface area contributed by atoms with E-state index >= 15 is 0 Å². The Morgan fingerprint density at radius 3 is 1.97 bits per heavy atom. The zero-order valence-corrected chi connectivity index (χ0v) is 20.3. The molecule has 7 heteroatoms. The van der Waals surface area contributed by atoms with Crippen LogP contribution >= 0.6 is 0 Å². The fourth-order valence-electron chi connectivity index (χ4n) is 4.16. The van der Waals surface area contributed by atoms with Gasteiger partial charge in [0.15, 0.2) is 0 Å². The minimum Gasteiger partial charge on any atom is -0.376 e. The number of rotatable bonds is 8. The number of hydrogen-bond acceptors (Lipinski definition) is 4. The van der Waals surface area contributed by atoms with Crippen LogP contribution < -0.4 is 16.0 Å². The summed E-state index contributed by atoms with van der Waals surface area (Å²) in [6.07, 6.45) is 4.49. The molecule has 3 aromatic carbocycles. The first-order chi connectivity index (χ1) is 17.6. The quantitative estimate of drug-likeness (QED) is 0.433. The number of anilines is 2. The van der Waals surface area contributed by atoms with Crippen molar-refractivity contribution in [2.75, 3.05) is 30.3 Å². The van der Waals surface area contributed by atoms with Gasteiger partial charge in [0, 0.05) is 42.1 Å². The van der Waals surface area contributed by atoms with Crippen LogP contribution in [0.5, 0.6) is 0 Å². The average Bonchev–Trinajstić information content (AvgIpc) is 3.21. The summed E-state index contributed by atoms with van der Waals surface area (Å²) in [5.74, 6) is -0.310. The van der Waals surface area contributed by atoms with E-state index in [0.29, 0.717) is 23.4 Å². The van der Waals surface area contributed by atoms with Gasteiger partial charge in [-0.1, -0.05) is 43.2 Å². The zero-order valence-electron chi connectivity index (χ0n) is 20.3. The Labute approximate surface area is 211 Å². The first-order valence-corrected chi connectivity index (χ1v) is 12.4. The van der Waals surface area contributed by atoms with E-state index in [9.17, 15) is 14.4 Å². The number of nitrogens with one attached hydrogen (secondary N) is 3. The molecule has 1 saturated heterocycles. The summed E-state index contributed by atoms with van der Waals surface area (Å²) in [7, 11) is 0. The first kappa shape index (κ1) is 25.0. The van der Waals surface area contributed by atoms with Crippen molar-refractivity contribution >= 4 is 29.1 Å². The molecule has 1 heterocycles. The Hall–Kier alpha value is -4.13. The molecule has 1 aliphatic heterocycles. The van der Waals surface area contributed by atoms with Gasteiger partial charge >= 0.3 is 0 Å². The topological polar surface area (TPSA) is 90.5 Å². The molecule has 0 atom stereocenters. The van der Waals surface area contributed by atoms with Crippen molar-refractivity contribution < 1.29 is 14.4 Å². The van der Waals surface area contributed by atoms with Crippen LogP contribution in [0.3, 0.4) is 0 Å². The normalized spacial score (nSPS) is 13.4. The van der Waals surface area contributed by atoms with Gasteiger partial charge in [0.05, 0.1) is 6.54 Å². The Kier molecular flexibility index (Phi) is 8.70. The highest BCUT2D eigenvalue weighted by Gasteiger charge is 2.17. The van der Waals surface area contributed by atoms with Crippen LogP contribution in [0.2, 0.25) is 0 Å². The Morgan fingerprint density at radius 2 is 1.31 bits per heavy atom. The minimum absolute atomic E-state index is 0.0680. The zero-order chi connectivity index (χ0) is 25.2. The highest BCUT2D eigenvalue weighted by atomic mass is 16.2. The molecule has 0 spiro atoms. The highest BCUT2D eigenvalue weighted by Crippen LogP contribution is 2.16. The third kappa shape index (κ3) is 7.18. The predicted molar refractivity (Wildman–Crippen MR) is 142 cm³/mol. The highest BCUT2D eigenvalue weighted by molar-refractivity contribution is 5.97. The molecule has 186 valence electrons. The van der Waals surface area contributed by atoms with Crippen LogP contribution in [0.1, 0.15) is 52.0 Å². The maximum atomic E-state index is 12.7. The summed E-state index contributed by atoms with van der Waals surface area (Å²) in [5, 5.41) is 8.79. The van der Waals surface area contributed by atoms with Crippen LogP contribution in [0.4, 0.5) is 11.4 Å². The van der Waals surface area contributed by atoms with Gasteiger partial charge < -0.3 is 20.9 Å². The van der Waals surface area contributed by atoms with Crippen LogP contribution in [0.15, 0.2) is 78.9 Å². The summed E-state index contributed by atoms with van der Waals surface area (Å²) in [6, 6.07) is 23.7. The summed E-state index contributed by atoms with van der Waals surface area (Å²) < 4.78 is 0. The van der Waals surface area contributed by atoms with Gasteiger partial charge in [0.2, 0.25) is 5.91 Å². The molecule has 0 aliphatic carbocycles. The molecular weight excluding hydrogens is 452 g/mol. The fourth-order valence-corrected chi connectivity index (χ4v) is 4.16. The first-order valence-electron chi connectivity index (χ1n) is 12.4. The van der Waals surface area contributed by atoms with Gasteiger partial charge in [-0.25, -0.2) is 0 Å². The monoisotopic (exact) mass is 484 g/mol. The summed E-state index contributed by atoms with van der Waals surface area (Å²) in [5.41, 5.74) is 3.60. The van der Waals surface area contributed by atoms with Crippen LogP contribution in [-0.2, 0) is 11.3 Å². The fraction of sp³-hybridized carbons (Fsp3) is 0.276.